The Balaban J connectivity index is 2.90. The van der Waals surface area contributed by atoms with Crippen LogP contribution in [-0.2, 0) is 0 Å². The second-order valence-electron chi connectivity index (χ2n) is 2.60. The van der Waals surface area contributed by atoms with E-state index in [4.69, 9.17) is 17.3 Å². The van der Waals surface area contributed by atoms with E-state index < -0.39 is 5.38 Å². The molecule has 0 saturated carbocycles. The molecule has 0 unspecified atom stereocenters. The van der Waals surface area contributed by atoms with Crippen molar-refractivity contribution in [3.63, 3.8) is 0 Å². The number of rotatable bonds is 2. The third kappa shape index (κ3) is 1.98. The van der Waals surface area contributed by atoms with Gasteiger partial charge in [0.15, 0.2) is 5.78 Å². The van der Waals surface area contributed by atoms with Gasteiger partial charge in [-0.2, -0.15) is 0 Å². The van der Waals surface area contributed by atoms with Gasteiger partial charge >= 0.3 is 0 Å². The fourth-order valence-corrected chi connectivity index (χ4v) is 1.00. The van der Waals surface area contributed by atoms with Crippen molar-refractivity contribution in [2.24, 2.45) is 0 Å². The summed E-state index contributed by atoms with van der Waals surface area (Å²) in [5.41, 5.74) is 6.71. The van der Waals surface area contributed by atoms with Crippen LogP contribution in [0.3, 0.4) is 0 Å². The number of nitrogen functional groups attached to an aromatic ring is 1. The predicted octanol–water partition coefficient (Wildman–Crippen LogP) is 2.08. The number of carbonyl (C=O) groups is 1. The molecule has 2 N–H and O–H groups in total. The first-order valence-corrected chi connectivity index (χ1v) is 4.08. The molecule has 0 aliphatic rings. The number of hydrogen-bond acceptors (Lipinski definition) is 2. The summed E-state index contributed by atoms with van der Waals surface area (Å²) < 4.78 is 0. The van der Waals surface area contributed by atoms with E-state index in [-0.39, 0.29) is 5.78 Å². The maximum Gasteiger partial charge on any atom is 0.180 e. The lowest BCUT2D eigenvalue weighted by Gasteiger charge is -2.01. The topological polar surface area (TPSA) is 43.1 Å². The van der Waals surface area contributed by atoms with Gasteiger partial charge in [-0.05, 0) is 31.2 Å². The Morgan fingerprint density at radius 1 is 1.42 bits per heavy atom. The summed E-state index contributed by atoms with van der Waals surface area (Å²) >= 11 is 5.62. The smallest absolute Gasteiger partial charge is 0.180 e. The number of benzene rings is 1. The van der Waals surface area contributed by atoms with E-state index in [1.54, 1.807) is 31.2 Å². The maximum absolute atomic E-state index is 11.3. The number of alkyl halides is 1. The third-order valence-corrected chi connectivity index (χ3v) is 1.75. The van der Waals surface area contributed by atoms with Gasteiger partial charge in [0.2, 0.25) is 0 Å². The second kappa shape index (κ2) is 3.59. The number of hydrogen-bond donors (Lipinski definition) is 1. The van der Waals surface area contributed by atoms with Crippen LogP contribution in [0.2, 0.25) is 0 Å². The first kappa shape index (κ1) is 9.07. The molecule has 0 radical (unpaired) electrons. The largest absolute Gasteiger partial charge is 0.399 e. The summed E-state index contributed by atoms with van der Waals surface area (Å²) in [7, 11) is 0. The highest BCUT2D eigenvalue weighted by Gasteiger charge is 2.10. The van der Waals surface area contributed by atoms with Gasteiger partial charge in [0.25, 0.3) is 0 Å². The van der Waals surface area contributed by atoms with Gasteiger partial charge in [-0.25, -0.2) is 0 Å². The Kier molecular flexibility index (Phi) is 2.71. The average Bonchev–Trinajstić information content (AvgIpc) is 2.04. The van der Waals surface area contributed by atoms with Gasteiger partial charge < -0.3 is 5.73 Å². The second-order valence-corrected chi connectivity index (χ2v) is 3.26. The molecule has 12 heavy (non-hydrogen) atoms. The van der Waals surface area contributed by atoms with E-state index in [0.29, 0.717) is 11.3 Å². The number of carbonyl (C=O) groups excluding carboxylic acids is 1. The van der Waals surface area contributed by atoms with Gasteiger partial charge in [0.05, 0.1) is 5.38 Å². The Labute approximate surface area is 76.3 Å². The molecule has 3 heteroatoms. The summed E-state index contributed by atoms with van der Waals surface area (Å²) in [5.74, 6) is -0.0725. The molecule has 1 atom stereocenters. The molecule has 1 aromatic carbocycles. The summed E-state index contributed by atoms with van der Waals surface area (Å²) in [6.45, 7) is 1.65. The molecule has 0 aromatic heterocycles. The third-order valence-electron chi connectivity index (χ3n) is 1.56. The molecule has 0 fully saturated rings. The Morgan fingerprint density at radius 2 is 1.92 bits per heavy atom. The number of halogens is 1. The van der Waals surface area contributed by atoms with Crippen LogP contribution in [0.25, 0.3) is 0 Å². The summed E-state index contributed by atoms with van der Waals surface area (Å²) in [6, 6.07) is 6.73. The first-order valence-electron chi connectivity index (χ1n) is 3.65. The van der Waals surface area contributed by atoms with Crippen molar-refractivity contribution < 1.29 is 4.79 Å². The Hall–Kier alpha value is -1.02. The SMILES string of the molecule is C[C@H](Cl)C(=O)c1ccc(N)cc1. The van der Waals surface area contributed by atoms with Gasteiger partial charge in [-0.3, -0.25) is 4.79 Å². The number of nitrogens with two attached hydrogens (primary N) is 1. The van der Waals surface area contributed by atoms with Crippen LogP contribution in [0.5, 0.6) is 0 Å². The van der Waals surface area contributed by atoms with Crippen molar-refractivity contribution >= 4 is 23.1 Å². The highest BCUT2D eigenvalue weighted by Crippen LogP contribution is 2.10. The van der Waals surface area contributed by atoms with Crippen molar-refractivity contribution in [2.45, 2.75) is 12.3 Å². The molecule has 0 saturated heterocycles. The Morgan fingerprint density at radius 3 is 2.33 bits per heavy atom. The van der Waals surface area contributed by atoms with Crippen LogP contribution in [-0.4, -0.2) is 11.2 Å². The van der Waals surface area contributed by atoms with Crippen LogP contribution in [0, 0.1) is 0 Å². The molecular formula is C9H10ClNO. The van der Waals surface area contributed by atoms with Crippen LogP contribution < -0.4 is 5.73 Å². The van der Waals surface area contributed by atoms with Crippen molar-refractivity contribution in [2.75, 3.05) is 5.73 Å². The summed E-state index contributed by atoms with van der Waals surface area (Å²) in [4.78, 5) is 11.3. The maximum atomic E-state index is 11.3. The van der Waals surface area contributed by atoms with Crippen LogP contribution in [0.1, 0.15) is 17.3 Å². The van der Waals surface area contributed by atoms with Crippen LogP contribution in [0.4, 0.5) is 5.69 Å². The fraction of sp³-hybridized carbons (Fsp3) is 0.222. The molecule has 1 rings (SSSR count). The zero-order chi connectivity index (χ0) is 9.14. The van der Waals surface area contributed by atoms with Gasteiger partial charge in [0.1, 0.15) is 0 Å². The summed E-state index contributed by atoms with van der Waals surface area (Å²) in [6.07, 6.45) is 0. The monoisotopic (exact) mass is 183 g/mol. The van der Waals surface area contributed by atoms with Crippen LogP contribution >= 0.6 is 11.6 Å². The number of ketones is 1. The number of anilines is 1. The van der Waals surface area contributed by atoms with E-state index in [2.05, 4.69) is 0 Å². The zero-order valence-corrected chi connectivity index (χ0v) is 7.51. The predicted molar refractivity (Wildman–Crippen MR) is 50.5 cm³/mol. The fourth-order valence-electron chi connectivity index (χ4n) is 0.877. The van der Waals surface area contributed by atoms with Crippen molar-refractivity contribution in [1.82, 2.24) is 0 Å². The lowest BCUT2D eigenvalue weighted by Crippen LogP contribution is -2.10. The molecule has 0 aliphatic carbocycles. The average molecular weight is 184 g/mol. The standard InChI is InChI=1S/C9H10ClNO/c1-6(10)9(12)7-2-4-8(11)5-3-7/h2-6H,11H2,1H3/t6-/m0/s1. The minimum Gasteiger partial charge on any atom is -0.399 e. The zero-order valence-electron chi connectivity index (χ0n) is 6.75. The lowest BCUT2D eigenvalue weighted by atomic mass is 10.1. The van der Waals surface area contributed by atoms with E-state index in [9.17, 15) is 4.79 Å². The quantitative estimate of drug-likeness (QED) is 0.434. The minimum absolute atomic E-state index is 0.0725. The highest BCUT2D eigenvalue weighted by molar-refractivity contribution is 6.33. The van der Waals surface area contributed by atoms with Crippen LogP contribution in [0.15, 0.2) is 24.3 Å². The van der Waals surface area contributed by atoms with E-state index in [0.717, 1.165) is 0 Å². The highest BCUT2D eigenvalue weighted by atomic mass is 35.5. The molecular weight excluding hydrogens is 174 g/mol. The minimum atomic E-state index is -0.478. The van der Waals surface area contributed by atoms with E-state index >= 15 is 0 Å². The summed E-state index contributed by atoms with van der Waals surface area (Å²) in [5, 5.41) is -0.478. The molecule has 0 amide bonds. The molecule has 0 spiro atoms. The lowest BCUT2D eigenvalue weighted by molar-refractivity contribution is 0.0992. The van der Waals surface area contributed by atoms with Gasteiger partial charge in [0, 0.05) is 11.3 Å². The van der Waals surface area contributed by atoms with E-state index in [1.165, 1.54) is 0 Å². The van der Waals surface area contributed by atoms with Gasteiger partial charge in [-0.15, -0.1) is 11.6 Å². The molecule has 0 bridgehead atoms. The van der Waals surface area contributed by atoms with Gasteiger partial charge in [-0.1, -0.05) is 0 Å². The first-order chi connectivity index (χ1) is 5.61. The Bertz CT molecular complexity index is 279. The van der Waals surface area contributed by atoms with Crippen molar-refractivity contribution in [3.05, 3.63) is 29.8 Å². The van der Waals surface area contributed by atoms with E-state index in [1.807, 2.05) is 0 Å². The molecule has 0 heterocycles. The molecule has 64 valence electrons. The van der Waals surface area contributed by atoms with Crippen molar-refractivity contribution in [3.8, 4) is 0 Å². The molecule has 2 nitrogen and oxygen atoms in total. The number of Topliss-reactive ketones (excluding diaryl/α,β-unsaturated/α-hetero) is 1. The molecule has 0 aliphatic heterocycles. The van der Waals surface area contributed by atoms with Crippen molar-refractivity contribution in [1.29, 1.82) is 0 Å². The normalized spacial score (nSPS) is 12.5. The molecule has 1 aromatic rings.